The van der Waals surface area contributed by atoms with Crippen molar-refractivity contribution in [1.29, 1.82) is 0 Å². The van der Waals surface area contributed by atoms with Crippen LogP contribution in [0.15, 0.2) is 72.8 Å². The predicted octanol–water partition coefficient (Wildman–Crippen LogP) is 3.93. The van der Waals surface area contributed by atoms with Gasteiger partial charge in [-0.25, -0.2) is 0 Å². The van der Waals surface area contributed by atoms with Crippen molar-refractivity contribution in [3.8, 4) is 0 Å². The summed E-state index contributed by atoms with van der Waals surface area (Å²) in [4.78, 5) is 34.8. The van der Waals surface area contributed by atoms with Crippen molar-refractivity contribution in [2.24, 2.45) is 0 Å². The van der Waals surface area contributed by atoms with Crippen LogP contribution in [0.1, 0.15) is 51.8 Å². The topological polar surface area (TPSA) is 68.3 Å². The smallest absolute Gasteiger partial charge is 0.171 e. The summed E-state index contributed by atoms with van der Waals surface area (Å²) in [5.74, 6) is -0.200. The number of hydrogen-bond donors (Lipinski definition) is 0. The van der Waals surface area contributed by atoms with Gasteiger partial charge in [-0.05, 0) is 20.8 Å². The molecule has 0 radical (unpaired) electrons. The summed E-state index contributed by atoms with van der Waals surface area (Å²) >= 11 is 0. The summed E-state index contributed by atoms with van der Waals surface area (Å²) in [6.07, 6.45) is 0. The Morgan fingerprint density at radius 2 is 0.690 bits per heavy atom. The molecule has 4 nitrogen and oxygen atoms in total. The highest BCUT2D eigenvalue weighted by atomic mass is 31.2. The van der Waals surface area contributed by atoms with E-state index in [1.807, 2.05) is 0 Å². The Morgan fingerprint density at radius 3 is 0.862 bits per heavy atom. The van der Waals surface area contributed by atoms with E-state index in [-0.39, 0.29) is 17.3 Å². The van der Waals surface area contributed by atoms with Gasteiger partial charge in [0.1, 0.15) is 0 Å². The van der Waals surface area contributed by atoms with E-state index in [0.29, 0.717) is 32.6 Å². The first-order valence-electron chi connectivity index (χ1n) is 9.18. The molecular weight excluding hydrogens is 383 g/mol. The molecule has 0 saturated carbocycles. The Morgan fingerprint density at radius 1 is 0.483 bits per heavy atom. The minimum absolute atomic E-state index is 0.0667. The van der Waals surface area contributed by atoms with Crippen LogP contribution in [-0.2, 0) is 4.57 Å². The highest BCUT2D eigenvalue weighted by Gasteiger charge is 2.30. The van der Waals surface area contributed by atoms with E-state index >= 15 is 0 Å². The maximum absolute atomic E-state index is 14.4. The standard InChI is InChI=1S/C24H21O4P/c1-16(25)19-4-10-22(11-5-19)29(28,23-12-6-20(7-13-23)17(2)26)24-14-8-21(9-15-24)18(3)27/h4-15H,1-3H3. The van der Waals surface area contributed by atoms with Crippen LogP contribution in [-0.4, -0.2) is 17.3 Å². The van der Waals surface area contributed by atoms with Crippen LogP contribution in [0.2, 0.25) is 0 Å². The second-order valence-corrected chi connectivity index (χ2v) is 9.69. The van der Waals surface area contributed by atoms with Gasteiger partial charge in [0.2, 0.25) is 0 Å². The van der Waals surface area contributed by atoms with Crippen molar-refractivity contribution >= 4 is 40.4 Å². The molecule has 0 atom stereocenters. The molecular formula is C24H21O4P. The molecule has 0 aliphatic rings. The van der Waals surface area contributed by atoms with E-state index in [2.05, 4.69) is 0 Å². The summed E-state index contributed by atoms with van der Waals surface area (Å²) in [7, 11) is -3.26. The zero-order chi connectivity index (χ0) is 21.2. The molecule has 0 spiro atoms. The van der Waals surface area contributed by atoms with Gasteiger partial charge < -0.3 is 4.57 Å². The molecule has 0 bridgehead atoms. The fraction of sp³-hybridized carbons (Fsp3) is 0.125. The van der Waals surface area contributed by atoms with Crippen molar-refractivity contribution in [2.45, 2.75) is 20.8 Å². The Balaban J connectivity index is 2.19. The zero-order valence-corrected chi connectivity index (χ0v) is 17.4. The van der Waals surface area contributed by atoms with Crippen molar-refractivity contribution in [3.63, 3.8) is 0 Å². The van der Waals surface area contributed by atoms with Gasteiger partial charge in [-0.1, -0.05) is 72.8 Å². The van der Waals surface area contributed by atoms with E-state index in [9.17, 15) is 18.9 Å². The number of Topliss-reactive ketones (excluding diaryl/α,β-unsaturated/α-hetero) is 3. The van der Waals surface area contributed by atoms with Crippen molar-refractivity contribution in [3.05, 3.63) is 89.5 Å². The summed E-state index contributed by atoms with van der Waals surface area (Å²) in [6.45, 7) is 4.45. The molecule has 3 aromatic rings. The van der Waals surface area contributed by atoms with E-state index in [0.717, 1.165) is 0 Å². The minimum atomic E-state index is -3.26. The highest BCUT2D eigenvalue weighted by Crippen LogP contribution is 2.42. The first-order chi connectivity index (χ1) is 13.7. The lowest BCUT2D eigenvalue weighted by atomic mass is 10.1. The third-order valence-electron chi connectivity index (χ3n) is 4.91. The van der Waals surface area contributed by atoms with E-state index in [1.54, 1.807) is 72.8 Å². The SMILES string of the molecule is CC(=O)c1ccc(P(=O)(c2ccc(C(C)=O)cc2)c2ccc(C(C)=O)cc2)cc1. The molecule has 0 aliphatic heterocycles. The summed E-state index contributed by atoms with van der Waals surface area (Å²) in [5, 5.41) is 1.73. The van der Waals surface area contributed by atoms with Gasteiger partial charge in [0, 0.05) is 32.6 Å². The average molecular weight is 404 g/mol. The maximum Gasteiger partial charge on any atom is 0.171 e. The molecule has 29 heavy (non-hydrogen) atoms. The second-order valence-electron chi connectivity index (χ2n) is 6.92. The van der Waals surface area contributed by atoms with Crippen molar-refractivity contribution in [2.75, 3.05) is 0 Å². The van der Waals surface area contributed by atoms with Gasteiger partial charge in [0.05, 0.1) is 0 Å². The molecule has 0 saturated heterocycles. The fourth-order valence-electron chi connectivity index (χ4n) is 3.17. The predicted molar refractivity (Wildman–Crippen MR) is 116 cm³/mol. The Bertz CT molecular complexity index is 979. The van der Waals surface area contributed by atoms with E-state index in [1.165, 1.54) is 20.8 Å². The maximum atomic E-state index is 14.4. The summed E-state index contributed by atoms with van der Waals surface area (Å²) in [5.41, 5.74) is 1.62. The molecule has 0 fully saturated rings. The lowest BCUT2D eigenvalue weighted by molar-refractivity contribution is 0.100. The van der Waals surface area contributed by atoms with Gasteiger partial charge >= 0.3 is 0 Å². The number of carbonyl (C=O) groups excluding carboxylic acids is 3. The van der Waals surface area contributed by atoms with Crippen molar-refractivity contribution < 1.29 is 18.9 Å². The molecule has 3 rings (SSSR count). The summed E-state index contributed by atoms with van der Waals surface area (Å²) in [6, 6.07) is 20.2. The number of rotatable bonds is 6. The van der Waals surface area contributed by atoms with Crippen LogP contribution < -0.4 is 15.9 Å². The first kappa shape index (κ1) is 20.6. The number of benzene rings is 3. The molecule has 5 heteroatoms. The molecule has 146 valence electrons. The molecule has 0 aliphatic carbocycles. The van der Waals surface area contributed by atoms with E-state index in [4.69, 9.17) is 0 Å². The lowest BCUT2D eigenvalue weighted by Crippen LogP contribution is -2.25. The van der Waals surface area contributed by atoms with Gasteiger partial charge in [0.15, 0.2) is 24.5 Å². The largest absolute Gasteiger partial charge is 0.309 e. The minimum Gasteiger partial charge on any atom is -0.309 e. The fourth-order valence-corrected chi connectivity index (χ4v) is 5.77. The Labute approximate surface area is 170 Å². The van der Waals surface area contributed by atoms with Crippen LogP contribution in [0.5, 0.6) is 0 Å². The Kier molecular flexibility index (Phi) is 5.76. The molecule has 0 aromatic heterocycles. The molecule has 0 unspecified atom stereocenters. The van der Waals surface area contributed by atoms with Crippen LogP contribution in [0.25, 0.3) is 0 Å². The third kappa shape index (κ3) is 4.03. The number of hydrogen-bond acceptors (Lipinski definition) is 4. The Hall–Kier alpha value is -3.10. The monoisotopic (exact) mass is 404 g/mol. The van der Waals surface area contributed by atoms with Gasteiger partial charge in [-0.2, -0.15) is 0 Å². The second kappa shape index (κ2) is 8.10. The summed E-state index contributed by atoms with van der Waals surface area (Å²) < 4.78 is 14.4. The van der Waals surface area contributed by atoms with Crippen LogP contribution in [0.4, 0.5) is 0 Å². The van der Waals surface area contributed by atoms with Gasteiger partial charge in [-0.15, -0.1) is 0 Å². The quantitative estimate of drug-likeness (QED) is 0.461. The molecule has 0 heterocycles. The number of carbonyl (C=O) groups is 3. The molecule has 0 amide bonds. The third-order valence-corrected chi connectivity index (χ3v) is 7.99. The zero-order valence-electron chi connectivity index (χ0n) is 16.5. The van der Waals surface area contributed by atoms with Crippen LogP contribution in [0.3, 0.4) is 0 Å². The highest BCUT2D eigenvalue weighted by molar-refractivity contribution is 7.85. The normalized spacial score (nSPS) is 11.1. The first-order valence-corrected chi connectivity index (χ1v) is 10.9. The average Bonchev–Trinajstić information content (AvgIpc) is 2.73. The van der Waals surface area contributed by atoms with E-state index < -0.39 is 7.14 Å². The molecule has 0 N–H and O–H groups in total. The van der Waals surface area contributed by atoms with Gasteiger partial charge in [-0.3, -0.25) is 14.4 Å². The van der Waals surface area contributed by atoms with Crippen molar-refractivity contribution in [1.82, 2.24) is 0 Å². The van der Waals surface area contributed by atoms with Gasteiger partial charge in [0.25, 0.3) is 0 Å². The van der Waals surface area contributed by atoms with Crippen LogP contribution >= 0.6 is 7.14 Å². The lowest BCUT2D eigenvalue weighted by Gasteiger charge is -2.20. The number of ketones is 3. The van der Waals surface area contributed by atoms with Crippen LogP contribution in [0, 0.1) is 0 Å². The molecule has 3 aromatic carbocycles.